The van der Waals surface area contributed by atoms with Crippen LogP contribution in [0.5, 0.6) is 0 Å². The number of hydrogen-bond acceptors (Lipinski definition) is 7. The summed E-state index contributed by atoms with van der Waals surface area (Å²) >= 11 is -6.86. The fourth-order valence-electron chi connectivity index (χ4n) is 0.735. The summed E-state index contributed by atoms with van der Waals surface area (Å²) in [6.07, 6.45) is 0. The Labute approximate surface area is 187 Å². The first-order valence-corrected chi connectivity index (χ1v) is 7.84. The van der Waals surface area contributed by atoms with E-state index in [1.165, 1.54) is 13.8 Å². The summed E-state index contributed by atoms with van der Waals surface area (Å²) in [6, 6.07) is 0. The molecule has 0 amide bonds. The first-order valence-electron chi connectivity index (χ1n) is 4.32. The molecule has 0 saturated carbocycles. The van der Waals surface area contributed by atoms with E-state index < -0.39 is 44.0 Å². The smallest absolute Gasteiger partial charge is 0.771 e. The van der Waals surface area contributed by atoms with E-state index in [-0.39, 0.29) is 94.4 Å². The van der Waals surface area contributed by atoms with E-state index in [0.717, 1.165) is 0 Å². The zero-order chi connectivity index (χ0) is 12.9. The quantitative estimate of drug-likeness (QED) is 0.252. The van der Waals surface area contributed by atoms with Crippen LogP contribution in [0.15, 0.2) is 0 Å². The molecule has 0 spiro atoms. The fourth-order valence-corrected chi connectivity index (χ4v) is 2.27. The van der Waals surface area contributed by atoms with Crippen LogP contribution in [0, 0.1) is 0 Å². The molecule has 0 heterocycles. The summed E-state index contributed by atoms with van der Waals surface area (Å²) in [5.41, 5.74) is 0. The molecule has 0 N–H and O–H groups in total. The van der Waals surface area contributed by atoms with E-state index in [4.69, 9.17) is 4.28 Å². The molecule has 0 aliphatic rings. The van der Waals surface area contributed by atoms with Crippen molar-refractivity contribution < 1.29 is 115 Å². The fraction of sp³-hybridized carbons (Fsp3) is 1.00. The van der Waals surface area contributed by atoms with Gasteiger partial charge in [0.2, 0.25) is 0 Å². The Kier molecular flexibility index (Phi) is 25.7. The molecule has 7 nitrogen and oxygen atoms in total. The van der Waals surface area contributed by atoms with Gasteiger partial charge in [0.25, 0.3) is 0 Å². The minimum atomic E-state index is -2.55. The van der Waals surface area contributed by atoms with Crippen LogP contribution in [0.2, 0.25) is 0 Å². The van der Waals surface area contributed by atoms with Crippen molar-refractivity contribution in [3.63, 3.8) is 0 Å². The van der Waals surface area contributed by atoms with Crippen molar-refractivity contribution in [2.45, 2.75) is 31.5 Å². The second-order valence-electron chi connectivity index (χ2n) is 2.75. The van der Waals surface area contributed by atoms with E-state index in [2.05, 4.69) is 0 Å². The Hall–Kier alpha value is 3.29. The molecule has 19 heavy (non-hydrogen) atoms. The molecule has 13 heteroatoms. The molecule has 0 aliphatic heterocycles. The average Bonchev–Trinajstić information content (AvgIpc) is 2.23. The Balaban J connectivity index is -0.000000375. The summed E-state index contributed by atoms with van der Waals surface area (Å²) in [5.74, 6) is 0.132. The van der Waals surface area contributed by atoms with Crippen LogP contribution in [0.1, 0.15) is 20.8 Å². The van der Waals surface area contributed by atoms with Gasteiger partial charge in [0.05, 0.1) is 10.7 Å². The van der Waals surface area contributed by atoms with Gasteiger partial charge in [-0.2, -0.15) is 4.28 Å². The second kappa shape index (κ2) is 16.2. The number of nitrogens with zero attached hydrogens (tertiary/aromatic N) is 1. The molecule has 0 aromatic carbocycles. The van der Waals surface area contributed by atoms with Gasteiger partial charge < -0.3 is 9.11 Å². The third-order valence-corrected chi connectivity index (χ3v) is 4.02. The van der Waals surface area contributed by atoms with Gasteiger partial charge in [-0.15, -0.1) is 5.06 Å². The predicted octanol–water partition coefficient (Wildman–Crippen LogP) is -9.63. The minimum absolute atomic E-state index is 0. The van der Waals surface area contributed by atoms with Crippen LogP contribution < -0.4 is 88.7 Å². The normalized spacial score (nSPS) is 18.0. The standard InChI is InChI=1S/C6H15NO6S3.3Na/c1-4-14(8)13-7(5(2)15(9)10)6(3)16(11)12;;;/h5-6H,4H2,1-3H3,(H,9,10)(H,11,12);;;/q;3*+1/p-2. The van der Waals surface area contributed by atoms with Gasteiger partial charge in [-0.1, -0.05) is 6.92 Å². The van der Waals surface area contributed by atoms with Crippen molar-refractivity contribution in [3.05, 3.63) is 0 Å². The van der Waals surface area contributed by atoms with Crippen molar-refractivity contribution >= 4 is 33.2 Å². The summed E-state index contributed by atoms with van der Waals surface area (Å²) in [6.45, 7) is 4.03. The van der Waals surface area contributed by atoms with Gasteiger partial charge >= 0.3 is 88.7 Å². The van der Waals surface area contributed by atoms with Crippen LogP contribution in [0.4, 0.5) is 0 Å². The van der Waals surface area contributed by atoms with Gasteiger partial charge in [0.15, 0.2) is 11.1 Å². The average molecular weight is 360 g/mol. The Bertz CT molecular complexity index is 290. The Morgan fingerprint density at radius 2 is 1.32 bits per heavy atom. The first kappa shape index (κ1) is 30.2. The first-order chi connectivity index (χ1) is 7.31. The minimum Gasteiger partial charge on any atom is -0.771 e. The summed E-state index contributed by atoms with van der Waals surface area (Å²) < 4.78 is 58.8. The van der Waals surface area contributed by atoms with E-state index >= 15 is 0 Å². The summed E-state index contributed by atoms with van der Waals surface area (Å²) in [7, 11) is 0. The van der Waals surface area contributed by atoms with Crippen molar-refractivity contribution in [2.75, 3.05) is 5.75 Å². The monoisotopic (exact) mass is 360 g/mol. The second-order valence-corrected chi connectivity index (χ2v) is 6.49. The number of hydrogen-bond donors (Lipinski definition) is 0. The van der Waals surface area contributed by atoms with Crippen molar-refractivity contribution in [3.8, 4) is 0 Å². The molecular formula is C6H13NNa3O6S3+. The van der Waals surface area contributed by atoms with E-state index in [9.17, 15) is 21.7 Å². The van der Waals surface area contributed by atoms with Crippen molar-refractivity contribution in [2.24, 2.45) is 0 Å². The zero-order valence-corrected chi connectivity index (χ0v) is 20.4. The SMILES string of the molecule is CCS(=O)ON(C(C)S(=O)[O-])C(C)S(=O)[O-].[Na+].[Na+].[Na+]. The number of hydroxylamine groups is 2. The zero-order valence-electron chi connectivity index (χ0n) is 12.0. The molecule has 98 valence electrons. The van der Waals surface area contributed by atoms with E-state index in [0.29, 0.717) is 5.06 Å². The summed E-state index contributed by atoms with van der Waals surface area (Å²) in [4.78, 5) is 0. The topological polar surface area (TPSA) is 110 Å². The van der Waals surface area contributed by atoms with Gasteiger partial charge in [0, 0.05) is 5.75 Å². The molecule has 5 atom stereocenters. The Morgan fingerprint density at radius 3 is 1.53 bits per heavy atom. The van der Waals surface area contributed by atoms with Gasteiger partial charge in [-0.3, -0.25) is 8.42 Å². The molecule has 5 unspecified atom stereocenters. The van der Waals surface area contributed by atoms with Crippen LogP contribution >= 0.6 is 0 Å². The van der Waals surface area contributed by atoms with Crippen molar-refractivity contribution in [1.29, 1.82) is 0 Å². The largest absolute Gasteiger partial charge is 1.00 e. The number of rotatable bonds is 7. The molecular weight excluding hydrogens is 347 g/mol. The third kappa shape index (κ3) is 12.4. The van der Waals surface area contributed by atoms with Gasteiger partial charge in [-0.25, -0.2) is 4.21 Å². The van der Waals surface area contributed by atoms with Crippen LogP contribution in [0.25, 0.3) is 0 Å². The molecule has 0 radical (unpaired) electrons. The maximum absolute atomic E-state index is 11.1. The van der Waals surface area contributed by atoms with E-state index in [1.54, 1.807) is 6.92 Å². The maximum atomic E-state index is 11.1. The van der Waals surface area contributed by atoms with E-state index in [1.807, 2.05) is 0 Å². The van der Waals surface area contributed by atoms with Crippen LogP contribution in [0.3, 0.4) is 0 Å². The molecule has 0 fully saturated rings. The molecule has 0 aliphatic carbocycles. The molecule has 0 aromatic heterocycles. The predicted molar refractivity (Wildman–Crippen MR) is 58.4 cm³/mol. The van der Waals surface area contributed by atoms with Crippen LogP contribution in [-0.4, -0.2) is 43.3 Å². The third-order valence-electron chi connectivity index (χ3n) is 1.68. The molecule has 0 aromatic rings. The van der Waals surface area contributed by atoms with Gasteiger partial charge in [-0.05, 0) is 36.0 Å². The van der Waals surface area contributed by atoms with Gasteiger partial charge in [0.1, 0.15) is 0 Å². The maximum Gasteiger partial charge on any atom is 1.00 e. The summed E-state index contributed by atoms with van der Waals surface area (Å²) in [5, 5.41) is -1.72. The Morgan fingerprint density at radius 1 is 1.00 bits per heavy atom. The molecule has 0 bridgehead atoms. The van der Waals surface area contributed by atoms with Crippen LogP contribution in [-0.2, 0) is 37.5 Å². The molecule has 0 rings (SSSR count). The molecule has 0 saturated heterocycles. The van der Waals surface area contributed by atoms with Crippen molar-refractivity contribution in [1.82, 2.24) is 5.06 Å².